The van der Waals surface area contributed by atoms with Crippen LogP contribution in [-0.4, -0.2) is 68.7 Å². The van der Waals surface area contributed by atoms with E-state index in [0.717, 1.165) is 36.0 Å². The Bertz CT molecular complexity index is 795. The normalized spacial score (nSPS) is 14.1. The van der Waals surface area contributed by atoms with Gasteiger partial charge < -0.3 is 14.4 Å². The van der Waals surface area contributed by atoms with Crippen LogP contribution in [0.15, 0.2) is 23.9 Å². The zero-order valence-corrected chi connectivity index (χ0v) is 20.5. The van der Waals surface area contributed by atoms with Crippen LogP contribution >= 0.6 is 0 Å². The van der Waals surface area contributed by atoms with E-state index in [1.54, 1.807) is 14.2 Å². The third kappa shape index (κ3) is 6.66. The summed E-state index contributed by atoms with van der Waals surface area (Å²) in [6.45, 7) is 8.66. The van der Waals surface area contributed by atoms with Gasteiger partial charge in [0.1, 0.15) is 5.70 Å². The minimum absolute atomic E-state index is 0.189. The molecule has 0 aromatic heterocycles. The zero-order valence-electron chi connectivity index (χ0n) is 20.5. The van der Waals surface area contributed by atoms with Gasteiger partial charge in [0.2, 0.25) is 0 Å². The molecule has 0 unspecified atom stereocenters. The van der Waals surface area contributed by atoms with Gasteiger partial charge >= 0.3 is 0 Å². The first-order valence-electron chi connectivity index (χ1n) is 11.9. The van der Waals surface area contributed by atoms with Crippen molar-refractivity contribution in [2.24, 2.45) is 0 Å². The van der Waals surface area contributed by atoms with Crippen molar-refractivity contribution >= 4 is 17.4 Å². The molecular formula is C26H40N2O4. The predicted octanol–water partition coefficient (Wildman–Crippen LogP) is 4.34. The number of rotatable bonds is 15. The number of ether oxygens (including phenoxy) is 2. The summed E-state index contributed by atoms with van der Waals surface area (Å²) >= 11 is 0. The Balaban J connectivity index is 2.35. The highest BCUT2D eigenvalue weighted by atomic mass is 16.5. The molecule has 0 spiro atoms. The molecular weight excluding hydrogens is 404 g/mol. The van der Waals surface area contributed by atoms with E-state index in [2.05, 4.69) is 13.0 Å². The molecule has 6 nitrogen and oxygen atoms in total. The predicted molar refractivity (Wildman–Crippen MR) is 128 cm³/mol. The monoisotopic (exact) mass is 444 g/mol. The standard InChI is InChI=1S/C26H40N2O4/c1-6-7-8-9-10-11-14-28-25(29)23(22-13-12-20(2)19-21(22)3)24(26(28)30)27(15-17-31-4)16-18-32-5/h12-13,19H,6-11,14-18H2,1-5H3. The molecule has 1 aromatic carbocycles. The fourth-order valence-electron chi connectivity index (χ4n) is 4.19. The molecule has 32 heavy (non-hydrogen) atoms. The van der Waals surface area contributed by atoms with Crippen molar-refractivity contribution in [3.05, 3.63) is 40.6 Å². The second-order valence-corrected chi connectivity index (χ2v) is 8.54. The molecule has 1 aliphatic heterocycles. The lowest BCUT2D eigenvalue weighted by Gasteiger charge is -2.26. The Labute approximate surface area is 193 Å². The third-order valence-electron chi connectivity index (χ3n) is 5.98. The van der Waals surface area contributed by atoms with Crippen LogP contribution in [0.1, 0.15) is 62.1 Å². The van der Waals surface area contributed by atoms with E-state index in [4.69, 9.17) is 9.47 Å². The summed E-state index contributed by atoms with van der Waals surface area (Å²) in [7, 11) is 3.28. The first-order valence-corrected chi connectivity index (χ1v) is 11.9. The number of nitrogens with zero attached hydrogens (tertiary/aromatic N) is 2. The maximum atomic E-state index is 13.5. The molecule has 0 aliphatic carbocycles. The van der Waals surface area contributed by atoms with Crippen LogP contribution in [0.4, 0.5) is 0 Å². The van der Waals surface area contributed by atoms with Crippen molar-refractivity contribution in [1.82, 2.24) is 9.80 Å². The number of aryl methyl sites for hydroxylation is 2. The molecule has 0 N–H and O–H groups in total. The second-order valence-electron chi connectivity index (χ2n) is 8.54. The molecule has 1 aliphatic rings. The first kappa shape index (κ1) is 26.1. The average Bonchev–Trinajstić information content (AvgIpc) is 3.01. The number of hydrogen-bond acceptors (Lipinski definition) is 5. The van der Waals surface area contributed by atoms with Gasteiger partial charge in [-0.25, -0.2) is 0 Å². The molecule has 0 fully saturated rings. The summed E-state index contributed by atoms with van der Waals surface area (Å²) in [5.41, 5.74) is 3.94. The molecule has 6 heteroatoms. The molecule has 0 saturated heterocycles. The zero-order chi connectivity index (χ0) is 23.5. The first-order chi connectivity index (χ1) is 15.5. The molecule has 0 radical (unpaired) electrons. The van der Waals surface area contributed by atoms with Crippen LogP contribution < -0.4 is 0 Å². The van der Waals surface area contributed by atoms with E-state index in [1.165, 1.54) is 24.2 Å². The molecule has 0 bridgehead atoms. The largest absolute Gasteiger partial charge is 0.383 e. The maximum Gasteiger partial charge on any atom is 0.277 e. The van der Waals surface area contributed by atoms with Gasteiger partial charge in [0.05, 0.1) is 18.8 Å². The fraction of sp³-hybridized carbons (Fsp3) is 0.615. The van der Waals surface area contributed by atoms with Crippen molar-refractivity contribution in [3.63, 3.8) is 0 Å². The number of hydrogen-bond donors (Lipinski definition) is 0. The van der Waals surface area contributed by atoms with Crippen LogP contribution in [0.25, 0.3) is 5.57 Å². The SMILES string of the molecule is CCCCCCCCN1C(=O)C(c2ccc(C)cc2C)=C(N(CCOC)CCOC)C1=O. The fourth-order valence-corrected chi connectivity index (χ4v) is 4.19. The lowest BCUT2D eigenvalue weighted by Crippen LogP contribution is -2.38. The Hall–Kier alpha value is -2.18. The van der Waals surface area contributed by atoms with Crippen molar-refractivity contribution in [2.45, 2.75) is 59.3 Å². The summed E-state index contributed by atoms with van der Waals surface area (Å²) in [6.07, 6.45) is 6.65. The van der Waals surface area contributed by atoms with Gasteiger partial charge in [-0.05, 0) is 31.4 Å². The Morgan fingerprint density at radius 1 is 0.875 bits per heavy atom. The number of carbonyl (C=O) groups is 2. The minimum Gasteiger partial charge on any atom is -0.383 e. The van der Waals surface area contributed by atoms with E-state index in [9.17, 15) is 9.59 Å². The number of carbonyl (C=O) groups excluding carboxylic acids is 2. The highest BCUT2D eigenvalue weighted by Gasteiger charge is 2.41. The average molecular weight is 445 g/mol. The van der Waals surface area contributed by atoms with E-state index in [-0.39, 0.29) is 11.8 Å². The minimum atomic E-state index is -0.203. The highest BCUT2D eigenvalue weighted by molar-refractivity contribution is 6.35. The molecule has 1 heterocycles. The van der Waals surface area contributed by atoms with Crippen molar-refractivity contribution < 1.29 is 19.1 Å². The van der Waals surface area contributed by atoms with Gasteiger partial charge in [0.15, 0.2) is 0 Å². The summed E-state index contributed by atoms with van der Waals surface area (Å²) in [6, 6.07) is 6.02. The van der Waals surface area contributed by atoms with Crippen molar-refractivity contribution in [1.29, 1.82) is 0 Å². The Kier molecular flexibility index (Phi) is 10.9. The van der Waals surface area contributed by atoms with E-state index >= 15 is 0 Å². The van der Waals surface area contributed by atoms with Gasteiger partial charge in [-0.3, -0.25) is 14.5 Å². The molecule has 2 amide bonds. The maximum absolute atomic E-state index is 13.5. The quantitative estimate of drug-likeness (QED) is 0.298. The van der Waals surface area contributed by atoms with Crippen LogP contribution in [0.5, 0.6) is 0 Å². The van der Waals surface area contributed by atoms with Gasteiger partial charge in [-0.2, -0.15) is 0 Å². The topological polar surface area (TPSA) is 59.1 Å². The summed E-state index contributed by atoms with van der Waals surface area (Å²) in [5, 5.41) is 0. The molecule has 0 saturated carbocycles. The molecule has 178 valence electrons. The number of methoxy groups -OCH3 is 2. The van der Waals surface area contributed by atoms with E-state index in [1.807, 2.05) is 30.9 Å². The van der Waals surface area contributed by atoms with E-state index in [0.29, 0.717) is 44.1 Å². The third-order valence-corrected chi connectivity index (χ3v) is 5.98. The van der Waals surface area contributed by atoms with Gasteiger partial charge in [-0.15, -0.1) is 0 Å². The molecule has 0 atom stereocenters. The number of benzene rings is 1. The van der Waals surface area contributed by atoms with Gasteiger partial charge in [-0.1, -0.05) is 62.8 Å². The van der Waals surface area contributed by atoms with Gasteiger partial charge in [0.25, 0.3) is 11.8 Å². The van der Waals surface area contributed by atoms with Crippen molar-refractivity contribution in [3.8, 4) is 0 Å². The lowest BCUT2D eigenvalue weighted by atomic mass is 9.97. The second kappa shape index (κ2) is 13.4. The Morgan fingerprint density at radius 3 is 2.09 bits per heavy atom. The molecule has 1 aromatic rings. The Morgan fingerprint density at radius 2 is 1.50 bits per heavy atom. The van der Waals surface area contributed by atoms with Crippen LogP contribution in [0.2, 0.25) is 0 Å². The highest BCUT2D eigenvalue weighted by Crippen LogP contribution is 2.33. The van der Waals surface area contributed by atoms with E-state index < -0.39 is 0 Å². The number of amides is 2. The molecule has 2 rings (SSSR count). The number of imide groups is 1. The summed E-state index contributed by atoms with van der Waals surface area (Å²) < 4.78 is 10.6. The summed E-state index contributed by atoms with van der Waals surface area (Å²) in [4.78, 5) is 30.5. The lowest BCUT2D eigenvalue weighted by molar-refractivity contribution is -0.137. The van der Waals surface area contributed by atoms with Crippen LogP contribution in [0, 0.1) is 13.8 Å². The van der Waals surface area contributed by atoms with Crippen LogP contribution in [-0.2, 0) is 19.1 Å². The van der Waals surface area contributed by atoms with Gasteiger partial charge in [0, 0.05) is 33.9 Å². The smallest absolute Gasteiger partial charge is 0.277 e. The number of unbranched alkanes of at least 4 members (excludes halogenated alkanes) is 5. The summed E-state index contributed by atoms with van der Waals surface area (Å²) in [5.74, 6) is -0.393. The van der Waals surface area contributed by atoms with Crippen LogP contribution in [0.3, 0.4) is 0 Å². The van der Waals surface area contributed by atoms with Crippen molar-refractivity contribution in [2.75, 3.05) is 47.1 Å².